The largest absolute Gasteiger partial charge is 0.458 e. The zero-order chi connectivity index (χ0) is 34.6. The lowest BCUT2D eigenvalue weighted by Gasteiger charge is -2.32. The highest BCUT2D eigenvalue weighted by molar-refractivity contribution is 6.85. The number of hydrogen-bond acceptors (Lipinski definition) is 4. The molecule has 0 N–H and O–H groups in total. The van der Waals surface area contributed by atoms with Gasteiger partial charge in [-0.05, 0) is 78.8 Å². The molecular formula is C43H40BN5O. The molecular weight excluding hydrogens is 613 g/mol. The molecule has 0 amide bonds. The van der Waals surface area contributed by atoms with Crippen LogP contribution in [-0.2, 0) is 12.5 Å². The number of hydrogen-bond donors (Lipinski definition) is 0. The quantitative estimate of drug-likeness (QED) is 0.102. The Bertz CT molecular complexity index is 2340. The predicted molar refractivity (Wildman–Crippen MR) is 205 cm³/mol. The molecule has 0 fully saturated rings. The number of rotatable bonds is 6. The van der Waals surface area contributed by atoms with Crippen molar-refractivity contribution >= 4 is 46.4 Å². The number of anilines is 4. The van der Waals surface area contributed by atoms with E-state index in [0.717, 1.165) is 51.1 Å². The minimum Gasteiger partial charge on any atom is -0.458 e. The van der Waals surface area contributed by atoms with E-state index in [1.54, 1.807) is 0 Å². The van der Waals surface area contributed by atoms with E-state index in [9.17, 15) is 0 Å². The molecule has 3 heterocycles. The molecule has 7 heteroatoms. The molecule has 50 heavy (non-hydrogen) atoms. The van der Waals surface area contributed by atoms with Crippen molar-refractivity contribution in [2.24, 2.45) is 7.05 Å². The van der Waals surface area contributed by atoms with E-state index in [1.165, 1.54) is 22.2 Å². The summed E-state index contributed by atoms with van der Waals surface area (Å²) in [6, 6.07) is 44.5. The molecule has 8 rings (SSSR count). The molecule has 0 aliphatic carbocycles. The highest BCUT2D eigenvalue weighted by atomic mass is 16.5. The molecule has 0 atom stereocenters. The van der Waals surface area contributed by atoms with Gasteiger partial charge < -0.3 is 23.5 Å². The van der Waals surface area contributed by atoms with Crippen LogP contribution >= 0.6 is 0 Å². The van der Waals surface area contributed by atoms with E-state index in [0.29, 0.717) is 0 Å². The minimum absolute atomic E-state index is 0.0388. The summed E-state index contributed by atoms with van der Waals surface area (Å²) in [5, 5.41) is 0. The minimum atomic E-state index is -0.173. The van der Waals surface area contributed by atoms with Crippen LogP contribution in [0.25, 0.3) is 16.7 Å². The Hall–Kier alpha value is -5.82. The molecule has 0 unspecified atom stereocenters. The molecule has 0 bridgehead atoms. The Morgan fingerprint density at radius 1 is 0.680 bits per heavy atom. The summed E-state index contributed by atoms with van der Waals surface area (Å²) in [6.45, 7) is 11.0. The van der Waals surface area contributed by atoms with Crippen molar-refractivity contribution in [3.63, 3.8) is 0 Å². The van der Waals surface area contributed by atoms with Gasteiger partial charge in [0.15, 0.2) is 0 Å². The van der Waals surface area contributed by atoms with Crippen molar-refractivity contribution in [3.05, 3.63) is 157 Å². The number of imidazole rings is 1. The van der Waals surface area contributed by atoms with Crippen molar-refractivity contribution in [1.82, 2.24) is 9.55 Å². The van der Waals surface area contributed by atoms with Crippen LogP contribution < -0.4 is 24.4 Å². The Labute approximate surface area is 295 Å². The highest BCUT2D eigenvalue weighted by Crippen LogP contribution is 2.48. The molecule has 1 aliphatic heterocycles. The van der Waals surface area contributed by atoms with Gasteiger partial charge in [-0.25, -0.2) is 4.98 Å². The molecule has 0 saturated carbocycles. The van der Waals surface area contributed by atoms with E-state index in [2.05, 4.69) is 170 Å². The monoisotopic (exact) mass is 653 g/mol. The van der Waals surface area contributed by atoms with Gasteiger partial charge in [-0.3, -0.25) is 0 Å². The maximum Gasteiger partial charge on any atom is 0.422 e. The van der Waals surface area contributed by atoms with E-state index >= 15 is 0 Å². The van der Waals surface area contributed by atoms with Crippen LogP contribution in [0.2, 0.25) is 0 Å². The maximum absolute atomic E-state index is 6.68. The average molecular weight is 654 g/mol. The van der Waals surface area contributed by atoms with Crippen LogP contribution in [0.3, 0.4) is 0 Å². The fourth-order valence-corrected chi connectivity index (χ4v) is 7.18. The molecule has 2 aromatic heterocycles. The summed E-state index contributed by atoms with van der Waals surface area (Å²) in [5.41, 5.74) is 11.3. The second-order valence-electron chi connectivity index (χ2n) is 14.1. The van der Waals surface area contributed by atoms with Gasteiger partial charge in [0.2, 0.25) is 6.33 Å². The number of pyridine rings is 1. The van der Waals surface area contributed by atoms with Gasteiger partial charge in [-0.2, -0.15) is 0 Å². The van der Waals surface area contributed by atoms with Crippen molar-refractivity contribution in [3.8, 4) is 17.2 Å². The van der Waals surface area contributed by atoms with Gasteiger partial charge in [0, 0.05) is 18.0 Å². The number of aryl methyl sites for hydroxylation is 3. The van der Waals surface area contributed by atoms with Gasteiger partial charge >= 0.3 is 6.98 Å². The first-order valence-electron chi connectivity index (χ1n) is 17.1. The van der Waals surface area contributed by atoms with E-state index in [1.807, 2.05) is 29.9 Å². The Kier molecular flexibility index (Phi) is 7.71. The highest BCUT2D eigenvalue weighted by Gasteiger charge is 2.46. The van der Waals surface area contributed by atoms with Crippen molar-refractivity contribution in [1.29, 1.82) is 0 Å². The molecule has 0 spiro atoms. The lowest BCUT2D eigenvalue weighted by molar-refractivity contribution is -0.649. The van der Waals surface area contributed by atoms with Crippen LogP contribution in [-0.4, -0.2) is 16.5 Å². The van der Waals surface area contributed by atoms with Crippen LogP contribution in [0, 0.1) is 20.2 Å². The maximum atomic E-state index is 6.68. The number of nitrogens with zero attached hydrogens (tertiary/aromatic N) is 5. The summed E-state index contributed by atoms with van der Waals surface area (Å²) in [6.07, 6.45) is 5.38. The molecule has 246 valence electrons. The fraction of sp³-hybridized carbons (Fsp3) is 0.163. The molecule has 1 aliphatic rings. The third kappa shape index (κ3) is 5.49. The average Bonchev–Trinajstić information content (AvgIpc) is 3.63. The number of aromatic nitrogens is 3. The first kappa shape index (κ1) is 31.5. The zero-order valence-corrected chi connectivity index (χ0v) is 29.4. The Morgan fingerprint density at radius 2 is 1.38 bits per heavy atom. The smallest absolute Gasteiger partial charge is 0.422 e. The first-order valence-corrected chi connectivity index (χ1v) is 17.1. The number of ether oxygens (including phenoxy) is 1. The van der Waals surface area contributed by atoms with Gasteiger partial charge in [-0.1, -0.05) is 105 Å². The SMILES string of the molecule is Cc1cccc(C)c1B1N(c2ccccc2)c2ccc(Oc3cccc(-n4[c-][n+](C)c5ccccc54)c3)cc2N1c1cc(C(C)(C)C)ccn1. The summed E-state index contributed by atoms with van der Waals surface area (Å²) >= 11 is 0. The van der Waals surface area contributed by atoms with Crippen LogP contribution in [0.5, 0.6) is 11.5 Å². The summed E-state index contributed by atoms with van der Waals surface area (Å²) in [4.78, 5) is 9.86. The third-order valence-corrected chi connectivity index (χ3v) is 9.69. The first-order chi connectivity index (χ1) is 24.2. The summed E-state index contributed by atoms with van der Waals surface area (Å²) < 4.78 is 10.8. The van der Waals surface area contributed by atoms with Crippen LogP contribution in [0.1, 0.15) is 37.5 Å². The number of benzene rings is 5. The third-order valence-electron chi connectivity index (χ3n) is 9.69. The number of para-hydroxylation sites is 3. The molecule has 0 saturated heterocycles. The lowest BCUT2D eigenvalue weighted by Crippen LogP contribution is -2.55. The van der Waals surface area contributed by atoms with Gasteiger partial charge in [0.1, 0.15) is 17.3 Å². The summed E-state index contributed by atoms with van der Waals surface area (Å²) in [7, 11) is 2.02. The Balaban J connectivity index is 1.28. The van der Waals surface area contributed by atoms with Gasteiger partial charge in [-0.15, -0.1) is 0 Å². The predicted octanol–water partition coefficient (Wildman–Crippen LogP) is 9.04. The zero-order valence-electron chi connectivity index (χ0n) is 29.4. The molecule has 6 nitrogen and oxygen atoms in total. The topological polar surface area (TPSA) is 37.4 Å². The lowest BCUT2D eigenvalue weighted by atomic mass is 9.61. The second kappa shape index (κ2) is 12.3. The van der Waals surface area contributed by atoms with Crippen molar-refractivity contribution in [2.45, 2.75) is 40.0 Å². The van der Waals surface area contributed by atoms with Crippen molar-refractivity contribution in [2.75, 3.05) is 9.62 Å². The molecule has 7 aromatic rings. The second-order valence-corrected chi connectivity index (χ2v) is 14.1. The Morgan fingerprint density at radius 3 is 2.16 bits per heavy atom. The standard InChI is InChI=1S/C43H40BN5O/c1-30-14-12-15-31(2)42(30)44-48(33-16-8-7-9-17-33)39-23-22-36(28-40(39)49(44)41-26-32(24-25-45-41)43(3,4)5)50-35-19-13-18-34(27-35)47-29-46(6)37-20-10-11-21-38(37)47/h7-28H,1-6H3. The van der Waals surface area contributed by atoms with Crippen LogP contribution in [0.15, 0.2) is 134 Å². The normalized spacial score (nSPS) is 12.9. The van der Waals surface area contributed by atoms with E-state index in [4.69, 9.17) is 9.72 Å². The fourth-order valence-electron chi connectivity index (χ4n) is 7.18. The summed E-state index contributed by atoms with van der Waals surface area (Å²) in [5.74, 6) is 2.40. The van der Waals surface area contributed by atoms with Gasteiger partial charge in [0.25, 0.3) is 0 Å². The van der Waals surface area contributed by atoms with E-state index in [-0.39, 0.29) is 12.4 Å². The van der Waals surface area contributed by atoms with Gasteiger partial charge in [0.05, 0.1) is 35.1 Å². The van der Waals surface area contributed by atoms with E-state index < -0.39 is 0 Å². The molecule has 5 aromatic carbocycles. The van der Waals surface area contributed by atoms with Crippen molar-refractivity contribution < 1.29 is 9.30 Å². The number of fused-ring (bicyclic) bond motifs is 2. The molecule has 0 radical (unpaired) electrons. The van der Waals surface area contributed by atoms with Crippen LogP contribution in [0.4, 0.5) is 22.9 Å².